The summed E-state index contributed by atoms with van der Waals surface area (Å²) in [5.41, 5.74) is 3.03. The van der Waals surface area contributed by atoms with E-state index < -0.39 is 6.10 Å². The monoisotopic (exact) mass is 273 g/mol. The molecule has 0 amide bonds. The number of thioether (sulfide) groups is 1. The summed E-state index contributed by atoms with van der Waals surface area (Å²) in [6.07, 6.45) is 1.48. The second-order valence-corrected chi connectivity index (χ2v) is 5.28. The van der Waals surface area contributed by atoms with Gasteiger partial charge in [-0.05, 0) is 42.1 Å². The van der Waals surface area contributed by atoms with Gasteiger partial charge in [-0.1, -0.05) is 36.4 Å². The Kier molecular flexibility index (Phi) is 5.02. The van der Waals surface area contributed by atoms with Crippen LogP contribution >= 0.6 is 11.8 Å². The number of benzene rings is 2. The van der Waals surface area contributed by atoms with Gasteiger partial charge in [-0.25, -0.2) is 0 Å². The Morgan fingerprint density at radius 1 is 1.11 bits per heavy atom. The van der Waals surface area contributed by atoms with Gasteiger partial charge in [0, 0.05) is 11.4 Å². The summed E-state index contributed by atoms with van der Waals surface area (Å²) in [6, 6.07) is 16.1. The maximum atomic E-state index is 10.5. The van der Waals surface area contributed by atoms with E-state index in [1.54, 1.807) is 11.8 Å². The van der Waals surface area contributed by atoms with Gasteiger partial charge in [-0.15, -0.1) is 11.8 Å². The van der Waals surface area contributed by atoms with E-state index in [1.807, 2.05) is 61.8 Å². The molecule has 0 aliphatic rings. The molecular formula is C16H19NOS. The number of hydrogen-bond acceptors (Lipinski definition) is 3. The molecule has 0 unspecified atom stereocenters. The summed E-state index contributed by atoms with van der Waals surface area (Å²) < 4.78 is 0. The third kappa shape index (κ3) is 3.38. The van der Waals surface area contributed by atoms with Crippen LogP contribution < -0.4 is 5.32 Å². The van der Waals surface area contributed by atoms with Crippen molar-refractivity contribution in [1.29, 1.82) is 0 Å². The average molecular weight is 273 g/mol. The average Bonchev–Trinajstić information content (AvgIpc) is 2.47. The zero-order valence-electron chi connectivity index (χ0n) is 11.3. The van der Waals surface area contributed by atoms with Gasteiger partial charge < -0.3 is 10.4 Å². The van der Waals surface area contributed by atoms with Crippen LogP contribution in [0.25, 0.3) is 0 Å². The van der Waals surface area contributed by atoms with Crippen molar-refractivity contribution in [3.05, 3.63) is 65.2 Å². The third-order valence-electron chi connectivity index (χ3n) is 3.15. The molecule has 2 aromatic carbocycles. The quantitative estimate of drug-likeness (QED) is 0.821. The minimum atomic E-state index is -0.569. The number of rotatable bonds is 5. The minimum Gasteiger partial charge on any atom is -0.384 e. The summed E-state index contributed by atoms with van der Waals surface area (Å²) in [5.74, 6) is 0. The maximum Gasteiger partial charge on any atom is 0.104 e. The SMILES string of the molecule is CNCc1ccccc1[C@@H](O)c1ccc(SC)cc1. The molecule has 0 radical (unpaired) electrons. The van der Waals surface area contributed by atoms with Crippen LogP contribution in [0.4, 0.5) is 0 Å². The normalized spacial score (nSPS) is 12.4. The lowest BCUT2D eigenvalue weighted by Gasteiger charge is -2.16. The van der Waals surface area contributed by atoms with Crippen LogP contribution in [-0.4, -0.2) is 18.4 Å². The van der Waals surface area contributed by atoms with Crippen molar-refractivity contribution in [2.24, 2.45) is 0 Å². The summed E-state index contributed by atoms with van der Waals surface area (Å²) in [4.78, 5) is 1.21. The fourth-order valence-corrected chi connectivity index (χ4v) is 2.53. The molecule has 2 aromatic rings. The number of aliphatic hydroxyl groups excluding tert-OH is 1. The van der Waals surface area contributed by atoms with Gasteiger partial charge in [0.05, 0.1) is 0 Å². The Bertz CT molecular complexity index is 525. The van der Waals surface area contributed by atoms with E-state index in [1.165, 1.54) is 4.90 Å². The van der Waals surface area contributed by atoms with Crippen LogP contribution in [-0.2, 0) is 6.54 Å². The van der Waals surface area contributed by atoms with E-state index in [-0.39, 0.29) is 0 Å². The summed E-state index contributed by atoms with van der Waals surface area (Å²) in [6.45, 7) is 0.760. The summed E-state index contributed by atoms with van der Waals surface area (Å²) in [5, 5.41) is 13.7. The fourth-order valence-electron chi connectivity index (χ4n) is 2.12. The van der Waals surface area contributed by atoms with E-state index in [0.717, 1.165) is 23.2 Å². The molecule has 3 heteroatoms. The maximum absolute atomic E-state index is 10.5. The molecule has 0 heterocycles. The molecule has 0 spiro atoms. The molecule has 0 fully saturated rings. The highest BCUT2D eigenvalue weighted by atomic mass is 32.2. The third-order valence-corrected chi connectivity index (χ3v) is 3.89. The highest BCUT2D eigenvalue weighted by Gasteiger charge is 2.13. The summed E-state index contributed by atoms with van der Waals surface area (Å²) in [7, 11) is 1.91. The molecule has 19 heavy (non-hydrogen) atoms. The number of aliphatic hydroxyl groups is 1. The molecule has 0 saturated carbocycles. The van der Waals surface area contributed by atoms with Gasteiger partial charge >= 0.3 is 0 Å². The lowest BCUT2D eigenvalue weighted by atomic mass is 9.97. The van der Waals surface area contributed by atoms with Crippen molar-refractivity contribution in [3.8, 4) is 0 Å². The smallest absolute Gasteiger partial charge is 0.104 e. The largest absolute Gasteiger partial charge is 0.384 e. The molecule has 0 aliphatic heterocycles. The molecule has 0 bridgehead atoms. The van der Waals surface area contributed by atoms with Crippen molar-refractivity contribution in [1.82, 2.24) is 5.32 Å². The van der Waals surface area contributed by atoms with Crippen LogP contribution in [0.15, 0.2) is 53.4 Å². The van der Waals surface area contributed by atoms with Crippen LogP contribution in [0.1, 0.15) is 22.8 Å². The Morgan fingerprint density at radius 2 is 1.79 bits per heavy atom. The van der Waals surface area contributed by atoms with Gasteiger partial charge in [0.1, 0.15) is 6.10 Å². The first-order chi connectivity index (χ1) is 9.26. The molecule has 0 aromatic heterocycles. The van der Waals surface area contributed by atoms with E-state index in [0.29, 0.717) is 0 Å². The zero-order valence-corrected chi connectivity index (χ0v) is 12.1. The second-order valence-electron chi connectivity index (χ2n) is 4.40. The van der Waals surface area contributed by atoms with Crippen molar-refractivity contribution in [3.63, 3.8) is 0 Å². The highest BCUT2D eigenvalue weighted by Crippen LogP contribution is 2.26. The van der Waals surface area contributed by atoms with Gasteiger partial charge in [-0.2, -0.15) is 0 Å². The molecule has 2 N–H and O–H groups in total. The predicted octanol–water partition coefficient (Wildman–Crippen LogP) is 3.21. The van der Waals surface area contributed by atoms with Crippen LogP contribution in [0, 0.1) is 0 Å². The lowest BCUT2D eigenvalue weighted by Crippen LogP contribution is -2.10. The van der Waals surface area contributed by atoms with Gasteiger partial charge in [-0.3, -0.25) is 0 Å². The van der Waals surface area contributed by atoms with Crippen molar-refractivity contribution >= 4 is 11.8 Å². The first kappa shape index (κ1) is 14.1. The van der Waals surface area contributed by atoms with Crippen LogP contribution in [0.3, 0.4) is 0 Å². The Hall–Kier alpha value is -1.29. The molecular weight excluding hydrogens is 254 g/mol. The van der Waals surface area contributed by atoms with Crippen molar-refractivity contribution < 1.29 is 5.11 Å². The standard InChI is InChI=1S/C16H19NOS/c1-17-11-13-5-3-4-6-15(13)16(18)12-7-9-14(19-2)10-8-12/h3-10,16-18H,11H2,1-2H3/t16-/m0/s1. The van der Waals surface area contributed by atoms with E-state index in [2.05, 4.69) is 5.32 Å². The topological polar surface area (TPSA) is 32.3 Å². The predicted molar refractivity (Wildman–Crippen MR) is 81.5 cm³/mol. The first-order valence-electron chi connectivity index (χ1n) is 6.30. The first-order valence-corrected chi connectivity index (χ1v) is 7.53. The Balaban J connectivity index is 2.29. The molecule has 2 nitrogen and oxygen atoms in total. The Labute approximate surface area is 118 Å². The molecule has 0 saturated heterocycles. The van der Waals surface area contributed by atoms with E-state index >= 15 is 0 Å². The highest BCUT2D eigenvalue weighted by molar-refractivity contribution is 7.98. The van der Waals surface area contributed by atoms with E-state index in [4.69, 9.17) is 0 Å². The number of nitrogens with one attached hydrogen (secondary N) is 1. The molecule has 0 aliphatic carbocycles. The molecule has 2 rings (SSSR count). The minimum absolute atomic E-state index is 0.569. The second kappa shape index (κ2) is 6.75. The van der Waals surface area contributed by atoms with Gasteiger partial charge in [0.2, 0.25) is 0 Å². The van der Waals surface area contributed by atoms with E-state index in [9.17, 15) is 5.11 Å². The summed E-state index contributed by atoms with van der Waals surface area (Å²) >= 11 is 1.70. The lowest BCUT2D eigenvalue weighted by molar-refractivity contribution is 0.219. The van der Waals surface area contributed by atoms with Crippen LogP contribution in [0.2, 0.25) is 0 Å². The van der Waals surface area contributed by atoms with Crippen molar-refractivity contribution in [2.45, 2.75) is 17.5 Å². The van der Waals surface area contributed by atoms with Crippen LogP contribution in [0.5, 0.6) is 0 Å². The molecule has 100 valence electrons. The fraction of sp³-hybridized carbons (Fsp3) is 0.250. The number of hydrogen-bond donors (Lipinski definition) is 2. The van der Waals surface area contributed by atoms with Crippen molar-refractivity contribution in [2.75, 3.05) is 13.3 Å². The molecule has 1 atom stereocenters. The Morgan fingerprint density at radius 3 is 2.42 bits per heavy atom. The van der Waals surface area contributed by atoms with Gasteiger partial charge in [0.25, 0.3) is 0 Å². The zero-order chi connectivity index (χ0) is 13.7. The van der Waals surface area contributed by atoms with Gasteiger partial charge in [0.15, 0.2) is 0 Å².